The maximum atomic E-state index is 13.4. The molecule has 182 valence electrons. The molecule has 0 radical (unpaired) electrons. The SMILES string of the molecule is O=C(Nc1nnc(-c2ccccc2)s1)N1c2nc(-c3cccc(C(F)(F)F)c3)ccc2N2CC[C@H]1C2. The van der Waals surface area contributed by atoms with Gasteiger partial charge in [0.15, 0.2) is 5.82 Å². The molecule has 0 saturated carbocycles. The first-order valence-corrected chi connectivity index (χ1v) is 12.1. The minimum absolute atomic E-state index is 0.108. The molecule has 4 aromatic rings. The number of carbonyl (C=O) groups is 1. The molecule has 0 spiro atoms. The lowest BCUT2D eigenvalue weighted by Gasteiger charge is -2.35. The van der Waals surface area contributed by atoms with E-state index in [9.17, 15) is 18.0 Å². The largest absolute Gasteiger partial charge is 0.416 e. The monoisotopic (exact) mass is 508 g/mol. The molecule has 1 N–H and O–H groups in total. The van der Waals surface area contributed by atoms with Crippen molar-refractivity contribution in [2.24, 2.45) is 0 Å². The topological polar surface area (TPSA) is 74.2 Å². The van der Waals surface area contributed by atoms with Crippen molar-refractivity contribution in [3.63, 3.8) is 0 Å². The number of nitrogens with one attached hydrogen (secondary N) is 1. The molecular formula is C25H19F3N6OS. The Balaban J connectivity index is 1.32. The first kappa shape index (κ1) is 22.5. The average Bonchev–Trinajstić information content (AvgIpc) is 3.52. The summed E-state index contributed by atoms with van der Waals surface area (Å²) in [7, 11) is 0. The van der Waals surface area contributed by atoms with E-state index in [1.807, 2.05) is 36.4 Å². The zero-order chi connectivity index (χ0) is 24.9. The van der Waals surface area contributed by atoms with Gasteiger partial charge in [-0.25, -0.2) is 9.78 Å². The molecule has 1 atom stereocenters. The Labute approximate surface area is 208 Å². The third-order valence-corrected chi connectivity index (χ3v) is 7.20. The molecule has 0 unspecified atom stereocenters. The highest BCUT2D eigenvalue weighted by atomic mass is 32.1. The fraction of sp³-hybridized carbons (Fsp3) is 0.200. The first-order valence-electron chi connectivity index (χ1n) is 11.3. The Morgan fingerprint density at radius 3 is 2.61 bits per heavy atom. The van der Waals surface area contributed by atoms with Gasteiger partial charge in [-0.3, -0.25) is 10.2 Å². The van der Waals surface area contributed by atoms with E-state index in [1.54, 1.807) is 17.0 Å². The molecule has 4 heterocycles. The van der Waals surface area contributed by atoms with Crippen LogP contribution in [0.25, 0.3) is 21.8 Å². The summed E-state index contributed by atoms with van der Waals surface area (Å²) in [6, 6.07) is 17.6. The van der Waals surface area contributed by atoms with Crippen LogP contribution in [0.5, 0.6) is 0 Å². The molecule has 2 aliphatic heterocycles. The van der Waals surface area contributed by atoms with Gasteiger partial charge in [-0.05, 0) is 30.7 Å². The summed E-state index contributed by atoms with van der Waals surface area (Å²) < 4.78 is 39.8. The van der Waals surface area contributed by atoms with Crippen molar-refractivity contribution in [3.05, 3.63) is 72.3 Å². The number of anilines is 3. The minimum atomic E-state index is -4.46. The molecule has 7 nitrogen and oxygen atoms in total. The summed E-state index contributed by atoms with van der Waals surface area (Å²) in [6.45, 7) is 1.43. The zero-order valence-corrected chi connectivity index (χ0v) is 19.6. The van der Waals surface area contributed by atoms with E-state index in [4.69, 9.17) is 0 Å². The molecule has 2 aliphatic rings. The van der Waals surface area contributed by atoms with Crippen LogP contribution in [0.15, 0.2) is 66.7 Å². The third-order valence-electron chi connectivity index (χ3n) is 6.32. The number of amides is 2. The van der Waals surface area contributed by atoms with Crippen LogP contribution in [-0.4, -0.2) is 40.3 Å². The van der Waals surface area contributed by atoms with Crippen molar-refractivity contribution in [1.82, 2.24) is 15.2 Å². The van der Waals surface area contributed by atoms with E-state index in [2.05, 4.69) is 25.4 Å². The molecule has 1 saturated heterocycles. The van der Waals surface area contributed by atoms with Crippen molar-refractivity contribution in [1.29, 1.82) is 0 Å². The first-order chi connectivity index (χ1) is 17.4. The van der Waals surface area contributed by atoms with Crippen LogP contribution in [0.4, 0.5) is 34.6 Å². The van der Waals surface area contributed by atoms with Gasteiger partial charge < -0.3 is 4.90 Å². The fourth-order valence-electron chi connectivity index (χ4n) is 4.61. The number of halogens is 3. The number of nitrogens with zero attached hydrogens (tertiary/aromatic N) is 5. The smallest absolute Gasteiger partial charge is 0.366 e. The Bertz CT molecular complexity index is 1440. The standard InChI is InChI=1S/C25H19F3N6OS/c26-25(27,28)17-8-4-7-16(13-17)19-9-10-20-21(29-19)34(18-11-12-33(20)14-18)24(35)30-23-32-31-22(36-23)15-5-2-1-3-6-15/h1-10,13,18H,11-12,14H2,(H,30,32,35)/t18-/m0/s1. The molecule has 1 fully saturated rings. The van der Waals surface area contributed by atoms with E-state index >= 15 is 0 Å². The summed E-state index contributed by atoms with van der Waals surface area (Å²) in [6.07, 6.45) is -3.70. The number of alkyl halides is 3. The highest BCUT2D eigenvalue weighted by Gasteiger charge is 2.40. The van der Waals surface area contributed by atoms with Crippen LogP contribution in [-0.2, 0) is 6.18 Å². The molecule has 6 rings (SSSR count). The van der Waals surface area contributed by atoms with Gasteiger partial charge in [0, 0.05) is 24.2 Å². The van der Waals surface area contributed by atoms with Crippen molar-refractivity contribution in [3.8, 4) is 21.8 Å². The van der Waals surface area contributed by atoms with Gasteiger partial charge in [0.1, 0.15) is 5.01 Å². The van der Waals surface area contributed by atoms with Crippen molar-refractivity contribution < 1.29 is 18.0 Å². The molecule has 0 aliphatic carbocycles. The molecule has 2 bridgehead atoms. The maximum absolute atomic E-state index is 13.4. The second-order valence-electron chi connectivity index (χ2n) is 8.58. The predicted octanol–water partition coefficient (Wildman–Crippen LogP) is 5.92. The van der Waals surface area contributed by atoms with Crippen LogP contribution >= 0.6 is 11.3 Å². The van der Waals surface area contributed by atoms with E-state index in [0.717, 1.165) is 36.3 Å². The second kappa shape index (κ2) is 8.59. The van der Waals surface area contributed by atoms with Gasteiger partial charge in [-0.1, -0.05) is 53.8 Å². The summed E-state index contributed by atoms with van der Waals surface area (Å²) >= 11 is 1.26. The Morgan fingerprint density at radius 1 is 1.00 bits per heavy atom. The van der Waals surface area contributed by atoms with Gasteiger partial charge >= 0.3 is 12.2 Å². The maximum Gasteiger partial charge on any atom is 0.416 e. The predicted molar refractivity (Wildman–Crippen MR) is 132 cm³/mol. The third kappa shape index (κ3) is 4.05. The Kier molecular flexibility index (Phi) is 5.36. The van der Waals surface area contributed by atoms with Crippen molar-refractivity contribution >= 4 is 34.0 Å². The lowest BCUT2D eigenvalue weighted by Crippen LogP contribution is -2.48. The highest BCUT2D eigenvalue weighted by Crippen LogP contribution is 2.41. The quantitative estimate of drug-likeness (QED) is 0.372. The van der Waals surface area contributed by atoms with E-state index in [1.165, 1.54) is 17.4 Å². The number of aromatic nitrogens is 3. The van der Waals surface area contributed by atoms with Gasteiger partial charge in [0.2, 0.25) is 5.13 Å². The molecule has 11 heteroatoms. The molecule has 2 amide bonds. The molecule has 2 aromatic heterocycles. The number of urea groups is 1. The summed E-state index contributed by atoms with van der Waals surface area (Å²) in [4.78, 5) is 21.9. The average molecular weight is 509 g/mol. The van der Waals surface area contributed by atoms with Gasteiger partial charge in [-0.2, -0.15) is 13.2 Å². The van der Waals surface area contributed by atoms with Gasteiger partial charge in [0.05, 0.1) is 23.0 Å². The number of fused-ring (bicyclic) bond motifs is 4. The van der Waals surface area contributed by atoms with Crippen molar-refractivity contribution in [2.45, 2.75) is 18.6 Å². The Hall–Kier alpha value is -3.99. The molecular weight excluding hydrogens is 489 g/mol. The summed E-state index contributed by atoms with van der Waals surface area (Å²) in [5, 5.41) is 12.2. The van der Waals surface area contributed by atoms with Crippen molar-refractivity contribution in [2.75, 3.05) is 28.2 Å². The van der Waals surface area contributed by atoms with Crippen LogP contribution in [0, 0.1) is 0 Å². The number of hydrogen-bond acceptors (Lipinski definition) is 6. The number of carbonyl (C=O) groups excluding carboxylic acids is 1. The number of pyridine rings is 1. The summed E-state index contributed by atoms with van der Waals surface area (Å²) in [5.41, 5.74) is 1.62. The fourth-order valence-corrected chi connectivity index (χ4v) is 5.35. The number of rotatable bonds is 3. The molecule has 36 heavy (non-hydrogen) atoms. The molecule has 2 aromatic carbocycles. The lowest BCUT2D eigenvalue weighted by molar-refractivity contribution is -0.137. The van der Waals surface area contributed by atoms with E-state index in [-0.39, 0.29) is 6.04 Å². The lowest BCUT2D eigenvalue weighted by atomic mass is 10.1. The van der Waals surface area contributed by atoms with Gasteiger partial charge in [-0.15, -0.1) is 10.2 Å². The number of benzene rings is 2. The zero-order valence-electron chi connectivity index (χ0n) is 18.7. The number of hydrogen-bond donors (Lipinski definition) is 1. The van der Waals surface area contributed by atoms with E-state index in [0.29, 0.717) is 33.8 Å². The highest BCUT2D eigenvalue weighted by molar-refractivity contribution is 7.18. The van der Waals surface area contributed by atoms with Crippen LogP contribution < -0.4 is 15.1 Å². The minimum Gasteiger partial charge on any atom is -0.366 e. The van der Waals surface area contributed by atoms with Crippen LogP contribution in [0.1, 0.15) is 12.0 Å². The second-order valence-corrected chi connectivity index (χ2v) is 9.56. The Morgan fingerprint density at radius 2 is 1.81 bits per heavy atom. The van der Waals surface area contributed by atoms with E-state index < -0.39 is 17.8 Å². The summed E-state index contributed by atoms with van der Waals surface area (Å²) in [5.74, 6) is 0.420. The normalized spacial score (nSPS) is 16.7. The van der Waals surface area contributed by atoms with Crippen LogP contribution in [0.3, 0.4) is 0 Å². The van der Waals surface area contributed by atoms with Gasteiger partial charge in [0.25, 0.3) is 0 Å². The van der Waals surface area contributed by atoms with Crippen LogP contribution in [0.2, 0.25) is 0 Å².